The summed E-state index contributed by atoms with van der Waals surface area (Å²) in [5.41, 5.74) is 10.4. The normalized spacial score (nSPS) is 28.0. The van der Waals surface area contributed by atoms with Gasteiger partial charge < -0.3 is 85.5 Å². The largest absolute Gasteiger partial charge is 0.496 e. The number of para-hydroxylation sites is 1. The number of carbonyl (C=O) groups is 7. The number of ketones is 2. The zero-order valence-electron chi connectivity index (χ0n) is 59.1. The van der Waals surface area contributed by atoms with E-state index in [9.17, 15) is 54.3 Å². The molecule has 2 saturated heterocycles. The van der Waals surface area contributed by atoms with E-state index in [4.69, 9.17) is 41.1 Å². The number of carbonyl (C=O) groups excluding carboxylic acids is 6. The maximum Gasteiger partial charge on any atom is 0.307 e. The molecular formula is C71H104N10O18S2. The van der Waals surface area contributed by atoms with Crippen LogP contribution < -0.4 is 42.2 Å². The van der Waals surface area contributed by atoms with Crippen molar-refractivity contribution in [3.05, 3.63) is 77.9 Å². The number of aliphatic hydroxyl groups excluding tert-OH is 2. The third kappa shape index (κ3) is 17.1. The van der Waals surface area contributed by atoms with Crippen molar-refractivity contribution in [2.45, 2.75) is 144 Å². The van der Waals surface area contributed by atoms with E-state index in [1.165, 1.54) is 12.5 Å². The van der Waals surface area contributed by atoms with Crippen LogP contribution in [0.1, 0.15) is 101 Å². The van der Waals surface area contributed by atoms with Gasteiger partial charge in [-0.3, -0.25) is 48.8 Å². The summed E-state index contributed by atoms with van der Waals surface area (Å²) in [6.45, 7) is 18.1. The first kappa shape index (κ1) is 79.3. The standard InChI is InChI=1S/C71H104N10O18S2/c1-9-68(92)37-45-36-67(5,59-48(16-21-80(40-45)42-68)47-14-11-12-15-51(47)75-59)50-34-49-54(35-57(50)95-8)79(6)63-70(49)19-22-81-20-13-18-69(10-2,62(70)81)64(89)71(63,93)65(90)77-78-66(91)99-30-31-100-101-41-46(61(87)88)33-56(84)53(76-60(86)43(3)32-55(83)52(38-72)74-44(4)82)39-73-58(85)17-23-96-26-27-98-29-28-97-25-24-94-7/h3,11-15,18,34-35,43,45-46,52-53,62-64,66,75,78,89,91-93H,9-10,16-17,19-33,36-42,72H2,1-2,4-8H3,(H,73,85)(H,74,82)(H,76,86)(H,77,90)(H,87,88)/t43-,45?,46?,52+,53+,62+,63-,64-,66?,67-,68+,69-,70-,71+/m1/s1. The Morgan fingerprint density at radius 3 is 2.27 bits per heavy atom. The van der Waals surface area contributed by atoms with Crippen molar-refractivity contribution in [2.75, 3.05) is 136 Å². The van der Waals surface area contributed by atoms with Crippen LogP contribution in [-0.4, -0.2) is 261 Å². The smallest absolute Gasteiger partial charge is 0.307 e. The van der Waals surface area contributed by atoms with E-state index in [1.54, 1.807) is 14.2 Å². The second-order valence-corrected chi connectivity index (χ2v) is 30.5. The number of aromatic amines is 1. The molecule has 4 unspecified atom stereocenters. The van der Waals surface area contributed by atoms with Gasteiger partial charge >= 0.3 is 5.97 Å². The Labute approximate surface area is 598 Å². The molecule has 6 aliphatic rings. The number of Topliss-reactive ketones (excluding diaryl/α,β-unsaturated/α-hetero) is 2. The van der Waals surface area contributed by atoms with Crippen molar-refractivity contribution in [3.63, 3.8) is 0 Å². The molecule has 1 aromatic heterocycles. The van der Waals surface area contributed by atoms with Crippen molar-refractivity contribution in [1.29, 1.82) is 0 Å². The van der Waals surface area contributed by atoms with Crippen LogP contribution in [0.25, 0.3) is 10.9 Å². The number of rotatable bonds is 39. The van der Waals surface area contributed by atoms with Gasteiger partial charge in [0.15, 0.2) is 17.2 Å². The molecule has 15 atom stereocenters. The van der Waals surface area contributed by atoms with Crippen LogP contribution in [0.3, 0.4) is 0 Å². The minimum Gasteiger partial charge on any atom is -0.496 e. The number of hydrogen-bond donors (Lipinski definition) is 12. The lowest BCUT2D eigenvalue weighted by Crippen LogP contribution is -2.82. The fourth-order valence-corrected chi connectivity index (χ4v) is 19.0. The van der Waals surface area contributed by atoms with Gasteiger partial charge in [0.1, 0.15) is 17.9 Å². The molecule has 28 nitrogen and oxygen atoms in total. The molecule has 1 aliphatic carbocycles. The Morgan fingerprint density at radius 1 is 0.871 bits per heavy atom. The number of ether oxygens (including phenoxy) is 6. The number of nitrogens with two attached hydrogens (primary N) is 1. The summed E-state index contributed by atoms with van der Waals surface area (Å²) in [6, 6.07) is 8.65. The number of nitrogens with one attached hydrogen (secondary N) is 6. The molecule has 2 radical (unpaired) electrons. The maximum atomic E-state index is 15.2. The molecule has 1 spiro atoms. The molecule has 2 aromatic carbocycles. The van der Waals surface area contributed by atoms with E-state index in [1.807, 2.05) is 43.2 Å². The lowest BCUT2D eigenvalue weighted by molar-refractivity contribution is -0.206. The van der Waals surface area contributed by atoms with Crippen molar-refractivity contribution < 1.29 is 87.5 Å². The van der Waals surface area contributed by atoms with Crippen molar-refractivity contribution in [3.8, 4) is 5.75 Å². The number of methoxy groups -OCH3 is 2. The van der Waals surface area contributed by atoms with Gasteiger partial charge in [0.2, 0.25) is 24.1 Å². The summed E-state index contributed by atoms with van der Waals surface area (Å²) in [5.74, 6) is -7.82. The number of amides is 4. The first-order valence-electron chi connectivity index (χ1n) is 35.0. The summed E-state index contributed by atoms with van der Waals surface area (Å²) < 4.78 is 33.3. The SMILES string of the molecule is [CH][C@H](CC(=O)[C@H](CN)NC(C)=O)C(=O)N[C@@H](CNC(=O)CCOCCOCCOCCOC)C(=O)CC(CSSCCOC(O)NNC(=O)[C@@]1(O)[C@H](O)[C@]2(CC)C=CCN3CC[C@@]4(c5cc([C@@]6(C)CC7CN(CCc8c6[nH]c6ccccc86)C[C@](O)(CC)C7)c(OC)cc5N(C)[C@@H]14)[C@@H]32)C(=O)O. The number of H-pyrrole nitrogens is 1. The van der Waals surface area contributed by atoms with Crippen LogP contribution in [0.4, 0.5) is 5.69 Å². The molecule has 558 valence electrons. The highest BCUT2D eigenvalue weighted by atomic mass is 33.1. The number of carboxylic acids is 1. The van der Waals surface area contributed by atoms with Gasteiger partial charge in [0.05, 0.1) is 83.6 Å². The van der Waals surface area contributed by atoms with Gasteiger partial charge in [-0.2, -0.15) is 5.43 Å². The average molecular weight is 1450 g/mol. The van der Waals surface area contributed by atoms with Gasteiger partial charge in [-0.05, 0) is 88.1 Å². The van der Waals surface area contributed by atoms with E-state index < -0.39 is 130 Å². The third-order valence-electron chi connectivity index (χ3n) is 21.6. The highest BCUT2D eigenvalue weighted by Gasteiger charge is 2.79. The molecule has 5 aliphatic heterocycles. The second-order valence-electron chi connectivity index (χ2n) is 27.9. The Bertz CT molecular complexity index is 3440. The van der Waals surface area contributed by atoms with E-state index in [2.05, 4.69) is 79.7 Å². The first-order chi connectivity index (χ1) is 48.3. The van der Waals surface area contributed by atoms with Gasteiger partial charge in [-0.15, -0.1) is 0 Å². The molecule has 30 heteroatoms. The Hall–Kier alpha value is -5.81. The molecule has 9 rings (SSSR count). The molecule has 3 fully saturated rings. The summed E-state index contributed by atoms with van der Waals surface area (Å²) in [6.07, 6.45) is 2.80. The van der Waals surface area contributed by atoms with Gasteiger partial charge in [0, 0.05) is 153 Å². The van der Waals surface area contributed by atoms with Crippen LogP contribution in [0.15, 0.2) is 48.6 Å². The molecule has 4 amide bonds. The molecule has 2 bridgehead atoms. The minimum atomic E-state index is -2.53. The third-order valence-corrected chi connectivity index (χ3v) is 24.0. The molecule has 101 heavy (non-hydrogen) atoms. The first-order valence-corrected chi connectivity index (χ1v) is 37.5. The number of aromatic nitrogens is 1. The summed E-state index contributed by atoms with van der Waals surface area (Å²) in [4.78, 5) is 103. The molecule has 3 aromatic rings. The maximum absolute atomic E-state index is 15.2. The Morgan fingerprint density at radius 2 is 1.58 bits per heavy atom. The lowest BCUT2D eigenvalue weighted by Gasteiger charge is -2.63. The van der Waals surface area contributed by atoms with Crippen molar-refractivity contribution in [2.24, 2.45) is 28.9 Å². The number of anilines is 1. The quantitative estimate of drug-likeness (QED) is 0.0127. The second kappa shape index (κ2) is 34.9. The number of aliphatic hydroxyl groups is 4. The molecule has 6 heterocycles. The Balaban J connectivity index is 0.845. The van der Waals surface area contributed by atoms with Gasteiger partial charge in [0.25, 0.3) is 5.91 Å². The number of hydrazine groups is 1. The topological polar surface area (TPSA) is 388 Å². The van der Waals surface area contributed by atoms with E-state index in [0.29, 0.717) is 83.9 Å². The predicted octanol–water partition coefficient (Wildman–Crippen LogP) is 1.49. The number of nitrogens with zero attached hydrogens (tertiary/aromatic N) is 3. The highest BCUT2D eigenvalue weighted by Crippen LogP contribution is 2.67. The molecular weight excluding hydrogens is 1340 g/mol. The number of fused-ring (bicyclic) bond motifs is 6. The summed E-state index contributed by atoms with van der Waals surface area (Å²) >= 11 is 0. The number of hydrogen-bond acceptors (Lipinski definition) is 24. The zero-order valence-corrected chi connectivity index (χ0v) is 60.7. The Kier molecular flexibility index (Phi) is 27.4. The monoisotopic (exact) mass is 1450 g/mol. The molecule has 13 N–H and O–H groups in total. The van der Waals surface area contributed by atoms with E-state index in [0.717, 1.165) is 74.5 Å². The lowest BCUT2D eigenvalue weighted by atomic mass is 9.47. The van der Waals surface area contributed by atoms with Crippen molar-refractivity contribution >= 4 is 79.3 Å². The fraction of sp³-hybridized carbons (Fsp3) is 0.662. The van der Waals surface area contributed by atoms with Crippen LogP contribution >= 0.6 is 21.6 Å². The minimum absolute atomic E-state index is 0.00974. The van der Waals surface area contributed by atoms with Gasteiger partial charge in [-0.25, -0.2) is 0 Å². The number of carboxylic acid groups (broad SMARTS) is 1. The summed E-state index contributed by atoms with van der Waals surface area (Å²) in [7, 11) is 7.32. The predicted molar refractivity (Wildman–Crippen MR) is 379 cm³/mol. The number of likely N-dealkylation sites (N-methyl/N-ethyl adjacent to an activating group) is 1. The molecule has 1 saturated carbocycles. The van der Waals surface area contributed by atoms with Gasteiger partial charge in [-0.1, -0.05) is 65.8 Å². The van der Waals surface area contributed by atoms with Crippen LogP contribution in [0.5, 0.6) is 5.75 Å². The summed E-state index contributed by atoms with van der Waals surface area (Å²) in [5, 5.41) is 68.8. The van der Waals surface area contributed by atoms with E-state index in [-0.39, 0.29) is 62.9 Å². The number of aliphatic carboxylic acids is 1. The average Bonchev–Trinajstić information content (AvgIpc) is 1.48. The van der Waals surface area contributed by atoms with Crippen LogP contribution in [-0.2, 0) is 74.5 Å². The zero-order chi connectivity index (χ0) is 73.0. The highest BCUT2D eigenvalue weighted by molar-refractivity contribution is 8.76. The van der Waals surface area contributed by atoms with Crippen LogP contribution in [0, 0.1) is 30.1 Å². The van der Waals surface area contributed by atoms with E-state index >= 15 is 4.79 Å². The number of piperidine rings is 1. The van der Waals surface area contributed by atoms with Crippen molar-refractivity contribution in [1.82, 2.24) is 41.6 Å². The van der Waals surface area contributed by atoms with Crippen LogP contribution in [0.2, 0.25) is 0 Å². The number of benzene rings is 2. The fourth-order valence-electron chi connectivity index (χ4n) is 16.8.